The molecular formula is C15H25NO2. The summed E-state index contributed by atoms with van der Waals surface area (Å²) in [5.41, 5.74) is 0.944. The molecule has 0 spiro atoms. The third kappa shape index (κ3) is 5.63. The van der Waals surface area contributed by atoms with Crippen LogP contribution in [0.15, 0.2) is 30.3 Å². The molecule has 1 aromatic carbocycles. The van der Waals surface area contributed by atoms with Crippen molar-refractivity contribution in [3.63, 3.8) is 0 Å². The Hall–Kier alpha value is -0.900. The van der Waals surface area contributed by atoms with Crippen LogP contribution in [0.3, 0.4) is 0 Å². The summed E-state index contributed by atoms with van der Waals surface area (Å²) in [7, 11) is 0. The Morgan fingerprint density at radius 2 is 1.83 bits per heavy atom. The molecule has 0 aliphatic carbocycles. The van der Waals surface area contributed by atoms with Gasteiger partial charge in [0.15, 0.2) is 0 Å². The first-order chi connectivity index (χ1) is 8.77. The molecule has 102 valence electrons. The van der Waals surface area contributed by atoms with Gasteiger partial charge in [0.25, 0.3) is 0 Å². The first-order valence-electron chi connectivity index (χ1n) is 6.82. The van der Waals surface area contributed by atoms with Gasteiger partial charge in [-0.05, 0) is 30.9 Å². The van der Waals surface area contributed by atoms with Gasteiger partial charge in [0.05, 0.1) is 6.10 Å². The number of rotatable bonds is 9. The van der Waals surface area contributed by atoms with E-state index in [-0.39, 0.29) is 6.61 Å². The van der Waals surface area contributed by atoms with Crippen molar-refractivity contribution < 1.29 is 10.2 Å². The molecule has 0 aliphatic heterocycles. The monoisotopic (exact) mass is 251 g/mol. The van der Waals surface area contributed by atoms with Gasteiger partial charge in [-0.3, -0.25) is 0 Å². The second-order valence-corrected chi connectivity index (χ2v) is 4.75. The van der Waals surface area contributed by atoms with Crippen LogP contribution in [0, 0.1) is 5.92 Å². The quantitative estimate of drug-likeness (QED) is 0.630. The molecular weight excluding hydrogens is 226 g/mol. The van der Waals surface area contributed by atoms with Crippen LogP contribution in [0.25, 0.3) is 0 Å². The summed E-state index contributed by atoms with van der Waals surface area (Å²) < 4.78 is 0. The highest BCUT2D eigenvalue weighted by Gasteiger charge is 2.09. The standard InChI is InChI=1S/C15H25NO2/c1-2-6-13(9-10-17)11-16-12-15(18)14-7-4-3-5-8-14/h3-5,7-8,13,15-18H,2,6,9-12H2,1H3. The van der Waals surface area contributed by atoms with Crippen LogP contribution >= 0.6 is 0 Å². The summed E-state index contributed by atoms with van der Waals surface area (Å²) in [6.45, 7) is 3.82. The molecule has 0 saturated carbocycles. The number of hydrogen-bond donors (Lipinski definition) is 3. The molecule has 18 heavy (non-hydrogen) atoms. The lowest BCUT2D eigenvalue weighted by Crippen LogP contribution is -2.28. The predicted octanol–water partition coefficient (Wildman–Crippen LogP) is 2.11. The molecule has 3 nitrogen and oxygen atoms in total. The summed E-state index contributed by atoms with van der Waals surface area (Å²) in [4.78, 5) is 0. The van der Waals surface area contributed by atoms with Crippen molar-refractivity contribution in [3.8, 4) is 0 Å². The lowest BCUT2D eigenvalue weighted by Gasteiger charge is -2.17. The van der Waals surface area contributed by atoms with E-state index in [0.29, 0.717) is 12.5 Å². The minimum Gasteiger partial charge on any atom is -0.396 e. The van der Waals surface area contributed by atoms with Gasteiger partial charge in [-0.25, -0.2) is 0 Å². The van der Waals surface area contributed by atoms with Gasteiger partial charge in [-0.15, -0.1) is 0 Å². The largest absolute Gasteiger partial charge is 0.396 e. The maximum atomic E-state index is 9.98. The number of benzene rings is 1. The van der Waals surface area contributed by atoms with Crippen molar-refractivity contribution in [2.24, 2.45) is 5.92 Å². The number of hydrogen-bond acceptors (Lipinski definition) is 3. The Balaban J connectivity index is 2.27. The van der Waals surface area contributed by atoms with E-state index in [1.165, 1.54) is 0 Å². The Labute approximate surface area is 110 Å². The van der Waals surface area contributed by atoms with Crippen LogP contribution in [0.1, 0.15) is 37.9 Å². The second kappa shape index (κ2) is 9.09. The van der Waals surface area contributed by atoms with E-state index in [0.717, 1.165) is 31.4 Å². The smallest absolute Gasteiger partial charge is 0.0914 e. The molecule has 0 radical (unpaired) electrons. The van der Waals surface area contributed by atoms with Crippen LogP contribution < -0.4 is 5.32 Å². The lowest BCUT2D eigenvalue weighted by atomic mass is 10.00. The van der Waals surface area contributed by atoms with Crippen LogP contribution in [0.5, 0.6) is 0 Å². The van der Waals surface area contributed by atoms with Crippen molar-refractivity contribution in [2.45, 2.75) is 32.3 Å². The topological polar surface area (TPSA) is 52.5 Å². The van der Waals surface area contributed by atoms with Crippen LogP contribution in [-0.2, 0) is 0 Å². The normalized spacial score (nSPS) is 14.4. The maximum Gasteiger partial charge on any atom is 0.0914 e. The second-order valence-electron chi connectivity index (χ2n) is 4.75. The van der Waals surface area contributed by atoms with E-state index in [4.69, 9.17) is 5.11 Å². The highest BCUT2D eigenvalue weighted by atomic mass is 16.3. The summed E-state index contributed by atoms with van der Waals surface area (Å²) in [6, 6.07) is 9.68. The van der Waals surface area contributed by atoms with Crippen molar-refractivity contribution in [1.29, 1.82) is 0 Å². The van der Waals surface area contributed by atoms with Gasteiger partial charge in [-0.2, -0.15) is 0 Å². The molecule has 1 rings (SSSR count). The zero-order valence-corrected chi connectivity index (χ0v) is 11.2. The summed E-state index contributed by atoms with van der Waals surface area (Å²) in [5, 5.41) is 22.2. The van der Waals surface area contributed by atoms with Gasteiger partial charge in [0.2, 0.25) is 0 Å². The molecule has 0 fully saturated rings. The van der Waals surface area contributed by atoms with E-state index in [2.05, 4.69) is 12.2 Å². The number of aliphatic hydroxyl groups excluding tert-OH is 2. The highest BCUT2D eigenvalue weighted by molar-refractivity contribution is 5.17. The zero-order valence-electron chi connectivity index (χ0n) is 11.2. The average Bonchev–Trinajstić information content (AvgIpc) is 2.40. The molecule has 0 aliphatic rings. The Bertz CT molecular complexity index is 297. The molecule has 1 aromatic rings. The van der Waals surface area contributed by atoms with Crippen LogP contribution in [0.4, 0.5) is 0 Å². The van der Waals surface area contributed by atoms with E-state index in [9.17, 15) is 5.11 Å². The fraction of sp³-hybridized carbons (Fsp3) is 0.600. The molecule has 3 heteroatoms. The predicted molar refractivity (Wildman–Crippen MR) is 74.4 cm³/mol. The van der Waals surface area contributed by atoms with E-state index >= 15 is 0 Å². The highest BCUT2D eigenvalue weighted by Crippen LogP contribution is 2.12. The van der Waals surface area contributed by atoms with Crippen molar-refractivity contribution in [2.75, 3.05) is 19.7 Å². The Morgan fingerprint density at radius 1 is 1.11 bits per heavy atom. The third-order valence-corrected chi connectivity index (χ3v) is 3.19. The van der Waals surface area contributed by atoms with Crippen LogP contribution in [-0.4, -0.2) is 29.9 Å². The minimum atomic E-state index is -0.456. The molecule has 0 heterocycles. The van der Waals surface area contributed by atoms with E-state index < -0.39 is 6.10 Å². The van der Waals surface area contributed by atoms with E-state index in [1.807, 2.05) is 30.3 Å². The van der Waals surface area contributed by atoms with Crippen LogP contribution in [0.2, 0.25) is 0 Å². The molecule has 0 aromatic heterocycles. The SMILES string of the molecule is CCCC(CCO)CNCC(O)c1ccccc1. The first kappa shape index (κ1) is 15.2. The molecule has 2 atom stereocenters. The van der Waals surface area contributed by atoms with E-state index in [1.54, 1.807) is 0 Å². The Morgan fingerprint density at radius 3 is 2.44 bits per heavy atom. The minimum absolute atomic E-state index is 0.244. The summed E-state index contributed by atoms with van der Waals surface area (Å²) in [5.74, 6) is 0.503. The zero-order chi connectivity index (χ0) is 13.2. The van der Waals surface area contributed by atoms with Crippen molar-refractivity contribution in [1.82, 2.24) is 5.32 Å². The van der Waals surface area contributed by atoms with Gasteiger partial charge in [-0.1, -0.05) is 43.7 Å². The molecule has 0 amide bonds. The maximum absolute atomic E-state index is 9.98. The number of aliphatic hydroxyl groups is 2. The summed E-state index contributed by atoms with van der Waals surface area (Å²) >= 11 is 0. The fourth-order valence-electron chi connectivity index (χ4n) is 2.16. The van der Waals surface area contributed by atoms with Gasteiger partial charge < -0.3 is 15.5 Å². The Kier molecular flexibility index (Phi) is 7.65. The summed E-state index contributed by atoms with van der Waals surface area (Å²) in [6.07, 6.45) is 2.63. The van der Waals surface area contributed by atoms with Crippen molar-refractivity contribution >= 4 is 0 Å². The van der Waals surface area contributed by atoms with Gasteiger partial charge in [0, 0.05) is 13.2 Å². The molecule has 2 unspecified atom stereocenters. The molecule has 3 N–H and O–H groups in total. The first-order valence-corrected chi connectivity index (χ1v) is 6.82. The number of nitrogens with one attached hydrogen (secondary N) is 1. The van der Waals surface area contributed by atoms with Gasteiger partial charge in [0.1, 0.15) is 0 Å². The molecule has 0 bridgehead atoms. The van der Waals surface area contributed by atoms with Gasteiger partial charge >= 0.3 is 0 Å². The fourth-order valence-corrected chi connectivity index (χ4v) is 2.16. The van der Waals surface area contributed by atoms with Crippen molar-refractivity contribution in [3.05, 3.63) is 35.9 Å². The average molecular weight is 251 g/mol. The third-order valence-electron chi connectivity index (χ3n) is 3.19. The lowest BCUT2D eigenvalue weighted by molar-refractivity contribution is 0.170. The molecule has 0 saturated heterocycles.